The van der Waals surface area contributed by atoms with Crippen molar-refractivity contribution in [2.45, 2.75) is 6.04 Å². The standard InChI is InChI=1S/C20H20N6O3S/c1-2-18-23-17(13-30-18)24-20(29)22-15(12-27)19(28)26-9-7-25(8-10-26)16-6-4-3-5-14(16)11-21/h1,3-6,13,15,27H,7-10,12H2,(H2,22,24,29)/t15-/m1/s1. The molecule has 1 aromatic heterocycles. The van der Waals surface area contributed by atoms with Gasteiger partial charge in [0.1, 0.15) is 17.9 Å². The van der Waals surface area contributed by atoms with Gasteiger partial charge in [-0.25, -0.2) is 9.78 Å². The minimum absolute atomic E-state index is 0.277. The van der Waals surface area contributed by atoms with Crippen LogP contribution in [0.2, 0.25) is 0 Å². The average Bonchev–Trinajstić information content (AvgIpc) is 3.24. The molecular weight excluding hydrogens is 404 g/mol. The Labute approximate surface area is 177 Å². The molecular formula is C20H20N6O3S. The molecule has 1 aliphatic rings. The molecule has 0 radical (unpaired) electrons. The fourth-order valence-corrected chi connectivity index (χ4v) is 3.68. The van der Waals surface area contributed by atoms with Gasteiger partial charge >= 0.3 is 6.03 Å². The molecule has 0 aliphatic carbocycles. The van der Waals surface area contributed by atoms with Gasteiger partial charge < -0.3 is 20.2 Å². The summed E-state index contributed by atoms with van der Waals surface area (Å²) in [6.07, 6.45) is 5.25. The zero-order valence-corrected chi connectivity index (χ0v) is 16.9. The number of nitrogens with one attached hydrogen (secondary N) is 2. The van der Waals surface area contributed by atoms with Crippen molar-refractivity contribution in [3.05, 3.63) is 40.2 Å². The maximum atomic E-state index is 12.7. The predicted molar refractivity (Wildman–Crippen MR) is 113 cm³/mol. The first kappa shape index (κ1) is 21.1. The molecule has 30 heavy (non-hydrogen) atoms. The van der Waals surface area contributed by atoms with Gasteiger partial charge in [0.15, 0.2) is 5.01 Å². The van der Waals surface area contributed by atoms with Crippen LogP contribution in [0.15, 0.2) is 29.6 Å². The number of aliphatic hydroxyl groups excluding tert-OH is 1. The summed E-state index contributed by atoms with van der Waals surface area (Å²) in [7, 11) is 0. The van der Waals surface area contributed by atoms with Gasteiger partial charge in [-0.05, 0) is 18.1 Å². The number of hydrogen-bond acceptors (Lipinski definition) is 7. The Kier molecular flexibility index (Phi) is 6.86. The van der Waals surface area contributed by atoms with E-state index in [9.17, 15) is 20.0 Å². The van der Waals surface area contributed by atoms with Gasteiger partial charge in [-0.1, -0.05) is 12.1 Å². The third kappa shape index (κ3) is 4.87. The molecule has 0 spiro atoms. The van der Waals surface area contributed by atoms with Crippen LogP contribution < -0.4 is 15.5 Å². The predicted octanol–water partition coefficient (Wildman–Crippen LogP) is 0.827. The molecule has 2 heterocycles. The van der Waals surface area contributed by atoms with E-state index in [1.165, 1.54) is 11.3 Å². The van der Waals surface area contributed by atoms with Crippen molar-refractivity contribution < 1.29 is 14.7 Å². The Morgan fingerprint density at radius 1 is 1.30 bits per heavy atom. The maximum absolute atomic E-state index is 12.7. The number of amides is 3. The number of nitrogens with zero attached hydrogens (tertiary/aromatic N) is 4. The molecule has 3 rings (SSSR count). The fourth-order valence-electron chi connectivity index (χ4n) is 3.13. The molecule has 2 aromatic rings. The topological polar surface area (TPSA) is 122 Å². The Morgan fingerprint density at radius 3 is 2.67 bits per heavy atom. The van der Waals surface area contributed by atoms with E-state index < -0.39 is 18.7 Å². The van der Waals surface area contributed by atoms with E-state index in [1.807, 2.05) is 23.1 Å². The van der Waals surface area contributed by atoms with E-state index >= 15 is 0 Å². The number of anilines is 2. The zero-order valence-electron chi connectivity index (χ0n) is 16.0. The summed E-state index contributed by atoms with van der Waals surface area (Å²) in [6.45, 7) is 1.38. The van der Waals surface area contributed by atoms with E-state index in [-0.39, 0.29) is 11.7 Å². The third-order valence-electron chi connectivity index (χ3n) is 4.61. The second kappa shape index (κ2) is 9.74. The number of urea groups is 1. The van der Waals surface area contributed by atoms with Crippen LogP contribution in [0, 0.1) is 23.7 Å². The molecule has 9 nitrogen and oxygen atoms in total. The van der Waals surface area contributed by atoms with Gasteiger partial charge in [-0.3, -0.25) is 10.1 Å². The van der Waals surface area contributed by atoms with Crippen molar-refractivity contribution in [1.82, 2.24) is 15.2 Å². The Bertz CT molecular complexity index is 1000. The lowest BCUT2D eigenvalue weighted by Crippen LogP contribution is -2.56. The van der Waals surface area contributed by atoms with Crippen molar-refractivity contribution in [3.8, 4) is 18.4 Å². The number of carbonyl (C=O) groups excluding carboxylic acids is 2. The number of thiazole rings is 1. The lowest BCUT2D eigenvalue weighted by Gasteiger charge is -2.37. The molecule has 0 bridgehead atoms. The molecule has 0 saturated carbocycles. The molecule has 154 valence electrons. The van der Waals surface area contributed by atoms with Gasteiger partial charge in [0.05, 0.1) is 17.9 Å². The van der Waals surface area contributed by atoms with Crippen LogP contribution in [0.3, 0.4) is 0 Å². The molecule has 3 N–H and O–H groups in total. The van der Waals surface area contributed by atoms with Crippen molar-refractivity contribution in [2.75, 3.05) is 43.0 Å². The van der Waals surface area contributed by atoms with E-state index in [1.54, 1.807) is 16.3 Å². The normalized spacial score (nSPS) is 14.4. The van der Waals surface area contributed by atoms with Crippen LogP contribution in [0.1, 0.15) is 10.6 Å². The van der Waals surface area contributed by atoms with Crippen LogP contribution in [-0.2, 0) is 4.79 Å². The van der Waals surface area contributed by atoms with Crippen molar-refractivity contribution in [2.24, 2.45) is 0 Å². The number of para-hydroxylation sites is 1. The van der Waals surface area contributed by atoms with Gasteiger partial charge in [0.2, 0.25) is 5.91 Å². The summed E-state index contributed by atoms with van der Waals surface area (Å²) in [6, 6.07) is 7.76. The lowest BCUT2D eigenvalue weighted by molar-refractivity contribution is -0.134. The van der Waals surface area contributed by atoms with Gasteiger partial charge in [0, 0.05) is 31.6 Å². The van der Waals surface area contributed by atoms with Crippen molar-refractivity contribution in [1.29, 1.82) is 5.26 Å². The van der Waals surface area contributed by atoms with Crippen LogP contribution in [0.5, 0.6) is 0 Å². The van der Waals surface area contributed by atoms with Crippen LogP contribution in [0.25, 0.3) is 0 Å². The second-order valence-corrected chi connectivity index (χ2v) is 7.32. The fraction of sp³-hybridized carbons (Fsp3) is 0.300. The van der Waals surface area contributed by atoms with Crippen LogP contribution in [-0.4, -0.2) is 65.8 Å². The molecule has 10 heteroatoms. The second-order valence-electron chi connectivity index (χ2n) is 6.46. The number of hydrogen-bond donors (Lipinski definition) is 3. The average molecular weight is 424 g/mol. The number of carbonyl (C=O) groups is 2. The number of benzene rings is 1. The number of aliphatic hydroxyl groups is 1. The third-order valence-corrected chi connectivity index (χ3v) is 5.39. The minimum atomic E-state index is -1.08. The van der Waals surface area contributed by atoms with Crippen molar-refractivity contribution in [3.63, 3.8) is 0 Å². The highest BCUT2D eigenvalue weighted by Gasteiger charge is 2.29. The number of rotatable bonds is 5. The molecule has 3 amide bonds. The maximum Gasteiger partial charge on any atom is 0.321 e. The first-order valence-electron chi connectivity index (χ1n) is 9.19. The molecule has 1 aromatic carbocycles. The van der Waals surface area contributed by atoms with E-state index in [4.69, 9.17) is 6.42 Å². The van der Waals surface area contributed by atoms with Gasteiger partial charge in [-0.15, -0.1) is 17.8 Å². The van der Waals surface area contributed by atoms with Crippen molar-refractivity contribution >= 4 is 34.8 Å². The van der Waals surface area contributed by atoms with Gasteiger partial charge in [-0.2, -0.15) is 5.26 Å². The van der Waals surface area contributed by atoms with E-state index in [2.05, 4.69) is 27.6 Å². The summed E-state index contributed by atoms with van der Waals surface area (Å²) in [5.41, 5.74) is 1.41. The summed E-state index contributed by atoms with van der Waals surface area (Å²) < 4.78 is 0. The Balaban J connectivity index is 1.55. The minimum Gasteiger partial charge on any atom is -0.394 e. The first-order valence-corrected chi connectivity index (χ1v) is 10.1. The summed E-state index contributed by atoms with van der Waals surface area (Å²) in [4.78, 5) is 32.5. The molecule has 1 saturated heterocycles. The SMILES string of the molecule is C#Cc1nc(NC(=O)N[C@H](CO)C(=O)N2CCN(c3ccccc3C#N)CC2)cs1. The molecule has 0 unspecified atom stereocenters. The first-order chi connectivity index (χ1) is 14.5. The summed E-state index contributed by atoms with van der Waals surface area (Å²) in [5, 5.41) is 25.8. The highest BCUT2D eigenvalue weighted by atomic mass is 32.1. The van der Waals surface area contributed by atoms with E-state index in [0.29, 0.717) is 36.8 Å². The number of terminal acetylenes is 1. The van der Waals surface area contributed by atoms with Crippen LogP contribution >= 0.6 is 11.3 Å². The molecule has 1 aliphatic heterocycles. The molecule has 1 atom stereocenters. The Morgan fingerprint density at radius 2 is 2.03 bits per heavy atom. The zero-order chi connectivity index (χ0) is 21.5. The highest BCUT2D eigenvalue weighted by molar-refractivity contribution is 7.10. The monoisotopic (exact) mass is 424 g/mol. The highest BCUT2D eigenvalue weighted by Crippen LogP contribution is 2.21. The largest absolute Gasteiger partial charge is 0.394 e. The number of aromatic nitrogens is 1. The quantitative estimate of drug-likeness (QED) is 0.611. The lowest BCUT2D eigenvalue weighted by atomic mass is 10.1. The number of piperazine rings is 1. The summed E-state index contributed by atoms with van der Waals surface area (Å²) >= 11 is 1.21. The Hall–Kier alpha value is -3.60. The summed E-state index contributed by atoms with van der Waals surface area (Å²) in [5.74, 6) is 2.27. The molecule has 1 fully saturated rings. The number of nitriles is 1. The van der Waals surface area contributed by atoms with E-state index in [0.717, 1.165) is 5.69 Å². The van der Waals surface area contributed by atoms with Gasteiger partial charge in [0.25, 0.3) is 0 Å². The smallest absolute Gasteiger partial charge is 0.321 e. The van der Waals surface area contributed by atoms with Crippen LogP contribution in [0.4, 0.5) is 16.3 Å².